The number of hydrogen-bond donors (Lipinski definition) is 1. The molecule has 0 spiro atoms. The van der Waals surface area contributed by atoms with Crippen molar-refractivity contribution in [1.29, 1.82) is 0 Å². The van der Waals surface area contributed by atoms with Crippen LogP contribution in [0.2, 0.25) is 0 Å². The summed E-state index contributed by atoms with van der Waals surface area (Å²) in [5, 5.41) is 19.1. The number of hydrogen-bond acceptors (Lipinski definition) is 5. The number of methoxy groups -OCH3 is 1. The summed E-state index contributed by atoms with van der Waals surface area (Å²) in [7, 11) is 1.57. The van der Waals surface area contributed by atoms with Crippen LogP contribution in [-0.4, -0.2) is 29.3 Å². The number of nitrogens with zero attached hydrogens (tertiary/aromatic N) is 3. The van der Waals surface area contributed by atoms with Crippen LogP contribution in [0.4, 0.5) is 5.69 Å². The molecule has 7 nitrogen and oxygen atoms in total. The lowest BCUT2D eigenvalue weighted by Crippen LogP contribution is -2.07. The van der Waals surface area contributed by atoms with Crippen LogP contribution < -0.4 is 9.47 Å². The Hall–Kier alpha value is -2.87. The van der Waals surface area contributed by atoms with E-state index in [1.807, 2.05) is 24.3 Å². The van der Waals surface area contributed by atoms with Crippen molar-refractivity contribution < 1.29 is 19.4 Å². The van der Waals surface area contributed by atoms with Crippen molar-refractivity contribution in [2.75, 3.05) is 13.7 Å². The minimum absolute atomic E-state index is 0.0349. The molecule has 3 rings (SSSR count). The van der Waals surface area contributed by atoms with E-state index < -0.39 is 5.91 Å². The Labute approximate surface area is 177 Å². The van der Waals surface area contributed by atoms with E-state index in [-0.39, 0.29) is 18.2 Å². The fourth-order valence-corrected chi connectivity index (χ4v) is 3.15. The van der Waals surface area contributed by atoms with Gasteiger partial charge in [0.15, 0.2) is 12.3 Å². The lowest BCUT2D eigenvalue weighted by Gasteiger charge is -2.09. The predicted octanol–water partition coefficient (Wildman–Crippen LogP) is 5.46. The molecule has 0 atom stereocenters. The van der Waals surface area contributed by atoms with Crippen molar-refractivity contribution in [2.45, 2.75) is 20.4 Å². The Morgan fingerprint density at radius 1 is 1.17 bits per heavy atom. The van der Waals surface area contributed by atoms with E-state index in [4.69, 9.17) is 9.47 Å². The highest BCUT2D eigenvalue weighted by molar-refractivity contribution is 9.10. The molecule has 29 heavy (non-hydrogen) atoms. The lowest BCUT2D eigenvalue weighted by molar-refractivity contribution is -0.120. The number of azo groups is 1. The minimum Gasteiger partial charge on any atom is -0.497 e. The van der Waals surface area contributed by atoms with Crippen LogP contribution in [0.25, 0.3) is 10.9 Å². The van der Waals surface area contributed by atoms with Gasteiger partial charge in [-0.15, -0.1) is 10.2 Å². The van der Waals surface area contributed by atoms with Gasteiger partial charge < -0.3 is 19.1 Å². The molecular formula is C21H22BrN3O4. The predicted molar refractivity (Wildman–Crippen MR) is 114 cm³/mol. The van der Waals surface area contributed by atoms with Crippen molar-refractivity contribution in [3.63, 3.8) is 0 Å². The molecule has 2 aromatic carbocycles. The van der Waals surface area contributed by atoms with Gasteiger partial charge in [-0.3, -0.25) is 4.79 Å². The molecule has 152 valence electrons. The van der Waals surface area contributed by atoms with Crippen LogP contribution >= 0.6 is 15.9 Å². The van der Waals surface area contributed by atoms with Crippen molar-refractivity contribution >= 4 is 38.4 Å². The summed E-state index contributed by atoms with van der Waals surface area (Å²) in [4.78, 5) is 12.1. The third-order valence-corrected chi connectivity index (χ3v) is 4.73. The van der Waals surface area contributed by atoms with Crippen molar-refractivity contribution in [1.82, 2.24) is 4.57 Å². The summed E-state index contributed by atoms with van der Waals surface area (Å²) in [6.07, 6.45) is 0. The van der Waals surface area contributed by atoms with E-state index in [0.29, 0.717) is 29.3 Å². The number of ether oxygens (including phenoxy) is 2. The molecule has 0 radical (unpaired) electrons. The molecule has 1 amide bonds. The van der Waals surface area contributed by atoms with Crippen LogP contribution in [0.15, 0.2) is 57.2 Å². The Morgan fingerprint density at radius 3 is 2.52 bits per heavy atom. The number of amides is 1. The summed E-state index contributed by atoms with van der Waals surface area (Å²) in [6.45, 7) is 4.46. The number of carbonyl (C=O) groups excluding carboxylic acids is 1. The third kappa shape index (κ3) is 4.95. The first kappa shape index (κ1) is 20.9. The minimum atomic E-state index is -0.556. The van der Waals surface area contributed by atoms with E-state index >= 15 is 0 Å². The summed E-state index contributed by atoms with van der Waals surface area (Å²) in [5.74, 6) is 0.898. The number of fused-ring (bicyclic) bond motifs is 1. The van der Waals surface area contributed by atoms with Crippen LogP contribution in [-0.2, 0) is 11.3 Å². The van der Waals surface area contributed by atoms with Crippen LogP contribution in [0, 0.1) is 5.92 Å². The maximum atomic E-state index is 12.1. The number of aromatic hydroxyl groups is 1. The summed E-state index contributed by atoms with van der Waals surface area (Å²) in [6, 6.07) is 12.6. The fraction of sp³-hybridized carbons (Fsp3) is 0.286. The second-order valence-corrected chi connectivity index (χ2v) is 7.81. The van der Waals surface area contributed by atoms with E-state index in [2.05, 4.69) is 40.0 Å². The van der Waals surface area contributed by atoms with Gasteiger partial charge in [0.05, 0.1) is 12.6 Å². The molecule has 0 fully saturated rings. The first-order valence-corrected chi connectivity index (χ1v) is 9.90. The van der Waals surface area contributed by atoms with Gasteiger partial charge >= 0.3 is 5.91 Å². The van der Waals surface area contributed by atoms with E-state index in [1.54, 1.807) is 29.9 Å². The van der Waals surface area contributed by atoms with Crippen LogP contribution in [0.1, 0.15) is 13.8 Å². The molecule has 0 bridgehead atoms. The van der Waals surface area contributed by atoms with E-state index in [9.17, 15) is 9.90 Å². The smallest absolute Gasteiger partial charge is 0.302 e. The average molecular weight is 460 g/mol. The zero-order valence-electron chi connectivity index (χ0n) is 16.4. The zero-order valence-corrected chi connectivity index (χ0v) is 18.0. The largest absolute Gasteiger partial charge is 0.497 e. The zero-order chi connectivity index (χ0) is 21.0. The Balaban J connectivity index is 1.84. The van der Waals surface area contributed by atoms with Crippen molar-refractivity contribution in [3.8, 4) is 17.4 Å². The molecule has 0 saturated carbocycles. The normalized spacial score (nSPS) is 11.5. The molecule has 8 heteroatoms. The van der Waals surface area contributed by atoms with Crippen LogP contribution in [0.5, 0.6) is 17.4 Å². The Morgan fingerprint density at radius 2 is 1.86 bits per heavy atom. The summed E-state index contributed by atoms with van der Waals surface area (Å²) in [5.41, 5.74) is 1.03. The van der Waals surface area contributed by atoms with E-state index in [0.717, 1.165) is 9.99 Å². The molecule has 1 aromatic heterocycles. The highest BCUT2D eigenvalue weighted by atomic mass is 79.9. The Bertz CT molecular complexity index is 1040. The maximum Gasteiger partial charge on any atom is 0.302 e. The number of carbonyl (C=O) groups is 1. The third-order valence-electron chi connectivity index (χ3n) is 4.20. The van der Waals surface area contributed by atoms with Gasteiger partial charge in [0.25, 0.3) is 0 Å². The van der Waals surface area contributed by atoms with Gasteiger partial charge in [-0.05, 0) is 48.4 Å². The number of rotatable bonds is 7. The molecule has 0 aliphatic carbocycles. The number of halogens is 1. The van der Waals surface area contributed by atoms with Gasteiger partial charge in [0.1, 0.15) is 11.5 Å². The second-order valence-electron chi connectivity index (χ2n) is 6.90. The van der Waals surface area contributed by atoms with Gasteiger partial charge in [-0.2, -0.15) is 0 Å². The van der Waals surface area contributed by atoms with Crippen molar-refractivity contribution in [3.05, 3.63) is 46.9 Å². The SMILES string of the molecule is COc1ccc2c(c1)c(N=NC(=O)COc1ccc(Br)cc1)c(O)n2CC(C)C. The van der Waals surface area contributed by atoms with E-state index in [1.165, 1.54) is 0 Å². The monoisotopic (exact) mass is 459 g/mol. The highest BCUT2D eigenvalue weighted by Crippen LogP contribution is 2.40. The molecule has 3 aromatic rings. The standard InChI is InChI=1S/C21H22BrN3O4/c1-13(2)11-25-18-9-8-16(28-3)10-17(18)20(21(25)27)24-23-19(26)12-29-15-6-4-14(22)5-7-15/h4-10,13,27H,11-12H2,1-3H3. The summed E-state index contributed by atoms with van der Waals surface area (Å²) >= 11 is 3.34. The highest BCUT2D eigenvalue weighted by Gasteiger charge is 2.18. The fourth-order valence-electron chi connectivity index (χ4n) is 2.89. The maximum absolute atomic E-state index is 12.1. The topological polar surface area (TPSA) is 85.4 Å². The van der Waals surface area contributed by atoms with Gasteiger partial charge in [0, 0.05) is 16.4 Å². The van der Waals surface area contributed by atoms with Crippen molar-refractivity contribution in [2.24, 2.45) is 16.1 Å². The number of benzene rings is 2. The molecular weight excluding hydrogens is 438 g/mol. The quantitative estimate of drug-likeness (QED) is 0.475. The lowest BCUT2D eigenvalue weighted by atomic mass is 10.2. The number of aromatic nitrogens is 1. The Kier molecular flexibility index (Phi) is 6.53. The molecule has 0 aliphatic heterocycles. The van der Waals surface area contributed by atoms with Gasteiger partial charge in [-0.1, -0.05) is 29.8 Å². The first-order valence-electron chi connectivity index (χ1n) is 9.11. The molecule has 0 unspecified atom stereocenters. The molecule has 1 heterocycles. The average Bonchev–Trinajstić information content (AvgIpc) is 2.96. The molecule has 1 N–H and O–H groups in total. The van der Waals surface area contributed by atoms with Crippen LogP contribution in [0.3, 0.4) is 0 Å². The second kappa shape index (κ2) is 9.09. The van der Waals surface area contributed by atoms with Gasteiger partial charge in [-0.25, -0.2) is 0 Å². The van der Waals surface area contributed by atoms with Gasteiger partial charge in [0.2, 0.25) is 5.88 Å². The summed E-state index contributed by atoms with van der Waals surface area (Å²) < 4.78 is 13.4. The molecule has 0 aliphatic rings. The first-order chi connectivity index (χ1) is 13.9. The molecule has 0 saturated heterocycles.